The summed E-state index contributed by atoms with van der Waals surface area (Å²) in [6.07, 6.45) is 1.07. The van der Waals surface area contributed by atoms with Crippen molar-refractivity contribution < 1.29 is 22.7 Å². The molecule has 2 amide bonds. The van der Waals surface area contributed by atoms with Crippen molar-refractivity contribution >= 4 is 27.5 Å². The molecule has 1 atom stereocenters. The Morgan fingerprint density at radius 2 is 2.07 bits per heavy atom. The van der Waals surface area contributed by atoms with Crippen LogP contribution in [0.4, 0.5) is 5.69 Å². The first-order chi connectivity index (χ1) is 14.4. The van der Waals surface area contributed by atoms with E-state index < -0.39 is 16.1 Å². The highest BCUT2D eigenvalue weighted by Gasteiger charge is 2.39. The summed E-state index contributed by atoms with van der Waals surface area (Å²) >= 11 is 0. The van der Waals surface area contributed by atoms with Crippen LogP contribution in [-0.2, 0) is 26.2 Å². The van der Waals surface area contributed by atoms with E-state index >= 15 is 0 Å². The molecule has 0 aromatic heterocycles. The molecule has 2 heterocycles. The van der Waals surface area contributed by atoms with Crippen molar-refractivity contribution in [2.45, 2.75) is 37.2 Å². The largest absolute Gasteiger partial charge is 0.482 e. The molecule has 4 rings (SSSR count). The first-order valence-corrected chi connectivity index (χ1v) is 11.2. The number of nitrogens with one attached hydrogen (secondary N) is 2. The van der Waals surface area contributed by atoms with Crippen molar-refractivity contribution in [3.63, 3.8) is 0 Å². The van der Waals surface area contributed by atoms with Gasteiger partial charge in [0.05, 0.1) is 10.6 Å². The molecule has 158 valence electrons. The Kier molecular flexibility index (Phi) is 5.48. The van der Waals surface area contributed by atoms with Gasteiger partial charge in [-0.05, 0) is 49.1 Å². The summed E-state index contributed by atoms with van der Waals surface area (Å²) in [5.41, 5.74) is 2.36. The van der Waals surface area contributed by atoms with Gasteiger partial charge >= 0.3 is 0 Å². The summed E-state index contributed by atoms with van der Waals surface area (Å²) < 4.78 is 33.0. The van der Waals surface area contributed by atoms with E-state index in [2.05, 4.69) is 10.6 Å². The van der Waals surface area contributed by atoms with E-state index in [0.717, 1.165) is 11.1 Å². The molecular weight excluding hydrogens is 406 g/mol. The van der Waals surface area contributed by atoms with E-state index in [1.807, 2.05) is 31.2 Å². The van der Waals surface area contributed by atoms with Crippen molar-refractivity contribution in [3.8, 4) is 5.75 Å². The highest BCUT2D eigenvalue weighted by atomic mass is 32.2. The number of hydrogen-bond donors (Lipinski definition) is 2. The molecule has 0 saturated carbocycles. The van der Waals surface area contributed by atoms with E-state index in [1.165, 1.54) is 22.5 Å². The van der Waals surface area contributed by atoms with Crippen LogP contribution in [0.3, 0.4) is 0 Å². The molecule has 2 aliphatic rings. The first-order valence-electron chi connectivity index (χ1n) is 9.77. The second-order valence-corrected chi connectivity index (χ2v) is 9.30. The van der Waals surface area contributed by atoms with Crippen LogP contribution >= 0.6 is 0 Å². The lowest BCUT2D eigenvalue weighted by Gasteiger charge is -2.25. The fraction of sp³-hybridized carbons (Fsp3) is 0.333. The third kappa shape index (κ3) is 3.90. The van der Waals surface area contributed by atoms with Gasteiger partial charge in [-0.3, -0.25) is 9.59 Å². The minimum atomic E-state index is -3.91. The third-order valence-electron chi connectivity index (χ3n) is 5.41. The highest BCUT2D eigenvalue weighted by Crippen LogP contribution is 2.33. The molecule has 2 N–H and O–H groups in total. The van der Waals surface area contributed by atoms with Crippen LogP contribution in [-0.4, -0.2) is 43.7 Å². The van der Waals surface area contributed by atoms with Crippen LogP contribution in [0.1, 0.15) is 24.0 Å². The molecule has 1 fully saturated rings. The Balaban J connectivity index is 1.52. The maximum absolute atomic E-state index is 13.2. The summed E-state index contributed by atoms with van der Waals surface area (Å²) in [4.78, 5) is 24.4. The normalized spacial score (nSPS) is 19.0. The number of anilines is 1. The molecule has 2 aromatic carbocycles. The van der Waals surface area contributed by atoms with Crippen LogP contribution in [0.15, 0.2) is 47.4 Å². The topological polar surface area (TPSA) is 105 Å². The number of hydrogen-bond acceptors (Lipinski definition) is 5. The molecule has 9 heteroatoms. The van der Waals surface area contributed by atoms with E-state index in [1.54, 1.807) is 0 Å². The van der Waals surface area contributed by atoms with Gasteiger partial charge in [-0.2, -0.15) is 4.31 Å². The molecule has 0 unspecified atom stereocenters. The van der Waals surface area contributed by atoms with Crippen LogP contribution in [0.25, 0.3) is 0 Å². The van der Waals surface area contributed by atoms with Crippen LogP contribution < -0.4 is 15.4 Å². The molecule has 1 saturated heterocycles. The minimum Gasteiger partial charge on any atom is -0.482 e. The Bertz CT molecular complexity index is 1100. The fourth-order valence-electron chi connectivity index (χ4n) is 3.76. The molecular formula is C21H23N3O5S. The van der Waals surface area contributed by atoms with Gasteiger partial charge in [0.15, 0.2) is 6.61 Å². The molecule has 0 radical (unpaired) electrons. The van der Waals surface area contributed by atoms with E-state index in [9.17, 15) is 18.0 Å². The third-order valence-corrected chi connectivity index (χ3v) is 7.32. The average Bonchev–Trinajstić information content (AvgIpc) is 3.23. The van der Waals surface area contributed by atoms with Crippen LogP contribution in [0, 0.1) is 6.92 Å². The van der Waals surface area contributed by atoms with Gasteiger partial charge in [-0.1, -0.05) is 24.3 Å². The predicted octanol–water partition coefficient (Wildman–Crippen LogP) is 1.80. The van der Waals surface area contributed by atoms with Gasteiger partial charge in [-0.25, -0.2) is 8.42 Å². The number of ether oxygens (including phenoxy) is 1. The monoisotopic (exact) mass is 429 g/mol. The zero-order valence-electron chi connectivity index (χ0n) is 16.6. The van der Waals surface area contributed by atoms with E-state index in [0.29, 0.717) is 30.8 Å². The number of carbonyl (C=O) groups excluding carboxylic acids is 2. The number of carbonyl (C=O) groups is 2. The van der Waals surface area contributed by atoms with Gasteiger partial charge in [-0.15, -0.1) is 0 Å². The Morgan fingerprint density at radius 1 is 1.27 bits per heavy atom. The quantitative estimate of drug-likeness (QED) is 0.754. The first kappa shape index (κ1) is 20.4. The van der Waals surface area contributed by atoms with Crippen molar-refractivity contribution in [1.82, 2.24) is 9.62 Å². The lowest BCUT2D eigenvalue weighted by molar-refractivity contribution is -0.124. The number of amides is 2. The second-order valence-electron chi connectivity index (χ2n) is 7.41. The number of benzene rings is 2. The number of nitrogens with zero attached hydrogens (tertiary/aromatic N) is 1. The van der Waals surface area contributed by atoms with Gasteiger partial charge < -0.3 is 15.4 Å². The average molecular weight is 429 g/mol. The van der Waals surface area contributed by atoms with E-state index in [4.69, 9.17) is 4.74 Å². The SMILES string of the molecule is Cc1ccccc1CNC(=O)[C@H]1CCCN1S(=O)(=O)c1ccc2c(c1)NC(=O)CO2. The fourth-order valence-corrected chi connectivity index (χ4v) is 5.44. The summed E-state index contributed by atoms with van der Waals surface area (Å²) in [6.45, 7) is 2.48. The number of aryl methyl sites for hydroxylation is 1. The molecule has 0 spiro atoms. The van der Waals surface area contributed by atoms with Crippen LogP contribution in [0.5, 0.6) is 5.75 Å². The van der Waals surface area contributed by atoms with Crippen LogP contribution in [0.2, 0.25) is 0 Å². The standard InChI is InChI=1S/C21H23N3O5S/c1-14-5-2-3-6-15(14)12-22-21(26)18-7-4-10-24(18)30(27,28)16-8-9-19-17(11-16)23-20(25)13-29-19/h2-3,5-6,8-9,11,18H,4,7,10,12-13H2,1H3,(H,22,26)(H,23,25)/t18-/m1/s1. The zero-order chi connectivity index (χ0) is 21.3. The lowest BCUT2D eigenvalue weighted by atomic mass is 10.1. The summed E-state index contributed by atoms with van der Waals surface area (Å²) in [7, 11) is -3.91. The summed E-state index contributed by atoms with van der Waals surface area (Å²) in [5, 5.41) is 5.48. The zero-order valence-corrected chi connectivity index (χ0v) is 17.4. The molecule has 0 bridgehead atoms. The maximum Gasteiger partial charge on any atom is 0.262 e. The Labute approximate surface area is 175 Å². The van der Waals surface area contributed by atoms with Gasteiger partial charge in [0.2, 0.25) is 15.9 Å². The number of sulfonamides is 1. The van der Waals surface area contributed by atoms with Crippen molar-refractivity contribution in [3.05, 3.63) is 53.6 Å². The van der Waals surface area contributed by atoms with Gasteiger partial charge in [0.25, 0.3) is 5.91 Å². The molecule has 8 nitrogen and oxygen atoms in total. The molecule has 2 aromatic rings. The van der Waals surface area contributed by atoms with E-state index in [-0.39, 0.29) is 29.9 Å². The second kappa shape index (κ2) is 8.08. The smallest absolute Gasteiger partial charge is 0.262 e. The Hall–Kier alpha value is -2.91. The Morgan fingerprint density at radius 3 is 2.87 bits per heavy atom. The number of fused-ring (bicyclic) bond motifs is 1. The lowest BCUT2D eigenvalue weighted by Crippen LogP contribution is -2.45. The van der Waals surface area contributed by atoms with Crippen molar-refractivity contribution in [2.24, 2.45) is 0 Å². The van der Waals surface area contributed by atoms with Gasteiger partial charge in [0.1, 0.15) is 11.8 Å². The molecule has 30 heavy (non-hydrogen) atoms. The predicted molar refractivity (Wildman–Crippen MR) is 111 cm³/mol. The highest BCUT2D eigenvalue weighted by molar-refractivity contribution is 7.89. The minimum absolute atomic E-state index is 0.0191. The maximum atomic E-state index is 13.2. The van der Waals surface area contributed by atoms with Gasteiger partial charge in [0, 0.05) is 13.1 Å². The molecule has 0 aliphatic carbocycles. The summed E-state index contributed by atoms with van der Waals surface area (Å²) in [5.74, 6) is -0.233. The summed E-state index contributed by atoms with van der Waals surface area (Å²) in [6, 6.07) is 11.3. The van der Waals surface area contributed by atoms with Crippen molar-refractivity contribution in [2.75, 3.05) is 18.5 Å². The number of rotatable bonds is 5. The molecule has 2 aliphatic heterocycles. The van der Waals surface area contributed by atoms with Crippen molar-refractivity contribution in [1.29, 1.82) is 0 Å².